The highest BCUT2D eigenvalue weighted by molar-refractivity contribution is 5.97. The molecule has 24 heavy (non-hydrogen) atoms. The van der Waals surface area contributed by atoms with Gasteiger partial charge in [-0.25, -0.2) is 4.79 Å². The molecule has 0 saturated carbocycles. The van der Waals surface area contributed by atoms with Crippen molar-refractivity contribution in [3.63, 3.8) is 0 Å². The molecule has 0 aliphatic heterocycles. The molecule has 7 heteroatoms. The van der Waals surface area contributed by atoms with Crippen molar-refractivity contribution < 1.29 is 24.2 Å². The summed E-state index contributed by atoms with van der Waals surface area (Å²) in [5, 5.41) is 13.8. The van der Waals surface area contributed by atoms with Gasteiger partial charge in [-0.15, -0.1) is 0 Å². The van der Waals surface area contributed by atoms with Gasteiger partial charge in [0.15, 0.2) is 0 Å². The fourth-order valence-corrected chi connectivity index (χ4v) is 2.06. The van der Waals surface area contributed by atoms with Gasteiger partial charge in [0.1, 0.15) is 12.6 Å². The highest BCUT2D eigenvalue weighted by Crippen LogP contribution is 2.07. The lowest BCUT2D eigenvalue weighted by molar-refractivity contribution is -0.142. The van der Waals surface area contributed by atoms with Crippen LogP contribution in [0.25, 0.3) is 0 Å². The number of hydrogen-bond donors (Lipinski definition) is 3. The average Bonchev–Trinajstić information content (AvgIpc) is 2.51. The Bertz CT molecular complexity index is 586. The Balaban J connectivity index is 2.55. The Labute approximate surface area is 141 Å². The van der Waals surface area contributed by atoms with E-state index in [-0.39, 0.29) is 30.9 Å². The third-order valence-electron chi connectivity index (χ3n) is 3.29. The van der Waals surface area contributed by atoms with Gasteiger partial charge >= 0.3 is 5.97 Å². The summed E-state index contributed by atoms with van der Waals surface area (Å²) >= 11 is 0. The first-order valence-corrected chi connectivity index (χ1v) is 7.76. The molecule has 1 aromatic carbocycles. The Hall–Kier alpha value is -2.41. The predicted octanol–water partition coefficient (Wildman–Crippen LogP) is 0.967. The van der Waals surface area contributed by atoms with E-state index in [0.717, 1.165) is 5.56 Å². The third-order valence-corrected chi connectivity index (χ3v) is 3.29. The summed E-state index contributed by atoms with van der Waals surface area (Å²) in [6, 6.07) is 6.44. The normalized spacial score (nSPS) is 11.8. The molecule has 0 heterocycles. The van der Waals surface area contributed by atoms with Crippen LogP contribution in [-0.2, 0) is 14.3 Å². The number of ether oxygens (including phenoxy) is 1. The van der Waals surface area contributed by atoms with E-state index in [9.17, 15) is 14.4 Å². The molecule has 0 aliphatic rings. The Morgan fingerprint density at radius 2 is 1.96 bits per heavy atom. The van der Waals surface area contributed by atoms with E-state index >= 15 is 0 Å². The van der Waals surface area contributed by atoms with Gasteiger partial charge in [-0.05, 0) is 25.0 Å². The number of rotatable bonds is 9. The molecular weight excluding hydrogens is 312 g/mol. The molecule has 0 aliphatic carbocycles. The number of aliphatic carboxylic acids is 1. The zero-order chi connectivity index (χ0) is 18.1. The van der Waals surface area contributed by atoms with E-state index in [1.807, 2.05) is 26.8 Å². The number of carboxylic acid groups (broad SMARTS) is 1. The molecule has 1 rings (SSSR count). The van der Waals surface area contributed by atoms with Gasteiger partial charge in [0.2, 0.25) is 5.91 Å². The maximum Gasteiger partial charge on any atom is 0.329 e. The zero-order valence-electron chi connectivity index (χ0n) is 14.2. The maximum atomic E-state index is 12.3. The fourth-order valence-electron chi connectivity index (χ4n) is 2.06. The van der Waals surface area contributed by atoms with Crippen LogP contribution in [0.15, 0.2) is 24.3 Å². The highest BCUT2D eigenvalue weighted by atomic mass is 16.5. The lowest BCUT2D eigenvalue weighted by Crippen LogP contribution is -2.50. The van der Waals surface area contributed by atoms with Crippen molar-refractivity contribution in [2.45, 2.75) is 26.8 Å². The number of nitrogens with one attached hydrogen (secondary N) is 2. The predicted molar refractivity (Wildman–Crippen MR) is 88.7 cm³/mol. The molecule has 3 N–H and O–H groups in total. The summed E-state index contributed by atoms with van der Waals surface area (Å²) in [6.45, 7) is 5.42. The number of carbonyl (C=O) groups excluding carboxylic acids is 2. The first-order valence-electron chi connectivity index (χ1n) is 7.76. The molecule has 0 spiro atoms. The Morgan fingerprint density at radius 1 is 1.25 bits per heavy atom. The van der Waals surface area contributed by atoms with Crippen LogP contribution in [0.1, 0.15) is 29.8 Å². The molecule has 132 valence electrons. The number of carboxylic acids is 1. The number of hydrogen-bond acceptors (Lipinski definition) is 4. The van der Waals surface area contributed by atoms with Gasteiger partial charge < -0.3 is 20.5 Å². The van der Waals surface area contributed by atoms with Crippen molar-refractivity contribution in [2.75, 3.05) is 19.8 Å². The molecule has 7 nitrogen and oxygen atoms in total. The standard InChI is InChI=1S/C17H24N2O5/c1-11(2)15(17(23)18-7-8-24-10-14(20)21)19-16(22)13-6-4-5-12(3)9-13/h4-6,9,11,15H,7-8,10H2,1-3H3,(H,18,23)(H,19,22)(H,20,21). The van der Waals surface area contributed by atoms with E-state index in [4.69, 9.17) is 9.84 Å². The largest absolute Gasteiger partial charge is 0.480 e. The monoisotopic (exact) mass is 336 g/mol. The summed E-state index contributed by atoms with van der Waals surface area (Å²) in [5.41, 5.74) is 1.46. The highest BCUT2D eigenvalue weighted by Gasteiger charge is 2.24. The topological polar surface area (TPSA) is 105 Å². The van der Waals surface area contributed by atoms with E-state index in [2.05, 4.69) is 10.6 Å². The van der Waals surface area contributed by atoms with Crippen molar-refractivity contribution >= 4 is 17.8 Å². The van der Waals surface area contributed by atoms with Crippen LogP contribution < -0.4 is 10.6 Å². The number of carbonyl (C=O) groups is 3. The SMILES string of the molecule is Cc1cccc(C(=O)NC(C(=O)NCCOCC(=O)O)C(C)C)c1. The Kier molecular flexibility index (Phi) is 7.91. The molecule has 1 atom stereocenters. The zero-order valence-corrected chi connectivity index (χ0v) is 14.2. The first-order chi connectivity index (χ1) is 11.3. The van der Waals surface area contributed by atoms with Crippen molar-refractivity contribution in [3.05, 3.63) is 35.4 Å². The third kappa shape index (κ3) is 6.78. The number of benzene rings is 1. The van der Waals surface area contributed by atoms with Crippen LogP contribution in [0.2, 0.25) is 0 Å². The van der Waals surface area contributed by atoms with Crippen molar-refractivity contribution in [3.8, 4) is 0 Å². The van der Waals surface area contributed by atoms with E-state index in [1.54, 1.807) is 18.2 Å². The van der Waals surface area contributed by atoms with Crippen LogP contribution in [0.4, 0.5) is 0 Å². The van der Waals surface area contributed by atoms with Crippen LogP contribution in [0.3, 0.4) is 0 Å². The second-order valence-corrected chi connectivity index (χ2v) is 5.80. The van der Waals surface area contributed by atoms with E-state index in [1.165, 1.54) is 0 Å². The molecule has 0 radical (unpaired) electrons. The maximum absolute atomic E-state index is 12.3. The lowest BCUT2D eigenvalue weighted by atomic mass is 10.0. The number of aryl methyl sites for hydroxylation is 1. The van der Waals surface area contributed by atoms with Crippen LogP contribution in [0, 0.1) is 12.8 Å². The molecule has 0 saturated heterocycles. The minimum Gasteiger partial charge on any atom is -0.480 e. The minimum absolute atomic E-state index is 0.0919. The van der Waals surface area contributed by atoms with Crippen molar-refractivity contribution in [1.29, 1.82) is 0 Å². The molecule has 1 aromatic rings. The van der Waals surface area contributed by atoms with Crippen molar-refractivity contribution in [2.24, 2.45) is 5.92 Å². The van der Waals surface area contributed by atoms with E-state index in [0.29, 0.717) is 5.56 Å². The summed E-state index contributed by atoms with van der Waals surface area (Å²) in [5.74, 6) is -1.80. The summed E-state index contributed by atoms with van der Waals surface area (Å²) in [7, 11) is 0. The second-order valence-electron chi connectivity index (χ2n) is 5.80. The first kappa shape index (κ1) is 19.6. The summed E-state index contributed by atoms with van der Waals surface area (Å²) in [4.78, 5) is 34.8. The minimum atomic E-state index is -1.06. The van der Waals surface area contributed by atoms with Crippen molar-refractivity contribution in [1.82, 2.24) is 10.6 Å². The van der Waals surface area contributed by atoms with Crippen LogP contribution in [0.5, 0.6) is 0 Å². The van der Waals surface area contributed by atoms with Crippen LogP contribution in [-0.4, -0.2) is 48.7 Å². The van der Waals surface area contributed by atoms with Gasteiger partial charge in [-0.2, -0.15) is 0 Å². The second kappa shape index (κ2) is 9.67. The molecular formula is C17H24N2O5. The molecule has 1 unspecified atom stereocenters. The van der Waals surface area contributed by atoms with Gasteiger partial charge in [0.05, 0.1) is 6.61 Å². The molecule has 0 aromatic heterocycles. The van der Waals surface area contributed by atoms with Gasteiger partial charge in [-0.3, -0.25) is 9.59 Å². The smallest absolute Gasteiger partial charge is 0.329 e. The number of amides is 2. The lowest BCUT2D eigenvalue weighted by Gasteiger charge is -2.21. The molecule has 0 bridgehead atoms. The van der Waals surface area contributed by atoms with E-state index < -0.39 is 18.6 Å². The van der Waals surface area contributed by atoms with Gasteiger partial charge in [-0.1, -0.05) is 31.5 Å². The average molecular weight is 336 g/mol. The van der Waals surface area contributed by atoms with Gasteiger partial charge in [0, 0.05) is 12.1 Å². The van der Waals surface area contributed by atoms with Crippen LogP contribution >= 0.6 is 0 Å². The summed E-state index contributed by atoms with van der Waals surface area (Å²) < 4.78 is 4.85. The fraction of sp³-hybridized carbons (Fsp3) is 0.471. The Morgan fingerprint density at radius 3 is 2.54 bits per heavy atom. The quantitative estimate of drug-likeness (QED) is 0.583. The van der Waals surface area contributed by atoms with Gasteiger partial charge in [0.25, 0.3) is 5.91 Å². The summed E-state index contributed by atoms with van der Waals surface area (Å²) in [6.07, 6.45) is 0. The molecule has 2 amide bonds. The molecule has 0 fully saturated rings.